The van der Waals surface area contributed by atoms with Crippen molar-refractivity contribution in [3.8, 4) is 0 Å². The monoisotopic (exact) mass is 307 g/mol. The second-order valence-corrected chi connectivity index (χ2v) is 3.95. The summed E-state index contributed by atoms with van der Waals surface area (Å²) >= 11 is 8.98. The van der Waals surface area contributed by atoms with Crippen LogP contribution in [-0.2, 0) is 16.5 Å². The molecule has 0 saturated carbocycles. The van der Waals surface area contributed by atoms with Crippen molar-refractivity contribution < 1.29 is 14.8 Å². The van der Waals surface area contributed by atoms with Crippen molar-refractivity contribution in [2.45, 2.75) is 11.8 Å². The van der Waals surface area contributed by atoms with Gasteiger partial charge < -0.3 is 5.11 Å². The van der Waals surface area contributed by atoms with Crippen LogP contribution in [0.1, 0.15) is 11.1 Å². The van der Waals surface area contributed by atoms with Gasteiger partial charge in [0.2, 0.25) is 0 Å². The topological polar surface area (TPSA) is 80.4 Å². The van der Waals surface area contributed by atoms with Gasteiger partial charge in [0.1, 0.15) is 0 Å². The molecule has 0 unspecified atom stereocenters. The number of hydrogen-bond acceptors (Lipinski definition) is 3. The number of aliphatic carboxylic acids is 1. The molecule has 0 radical (unpaired) electrons. The van der Waals surface area contributed by atoms with E-state index in [-0.39, 0.29) is 16.6 Å². The molecule has 0 spiro atoms. The van der Waals surface area contributed by atoms with E-state index in [2.05, 4.69) is 15.9 Å². The molecule has 0 saturated heterocycles. The minimum absolute atomic E-state index is 0.141. The van der Waals surface area contributed by atoms with Gasteiger partial charge in [-0.2, -0.15) is 0 Å². The largest absolute Gasteiger partial charge is 0.481 e. The van der Waals surface area contributed by atoms with Gasteiger partial charge in [-0.15, -0.1) is 0 Å². The van der Waals surface area contributed by atoms with Crippen LogP contribution in [0, 0.1) is 10.1 Å². The van der Waals surface area contributed by atoms with Crippen molar-refractivity contribution in [1.82, 2.24) is 0 Å². The first-order valence-electron chi connectivity index (χ1n) is 4.19. The van der Waals surface area contributed by atoms with Crippen LogP contribution in [0.3, 0.4) is 0 Å². The number of nitrogens with zero attached hydrogens (tertiary/aromatic N) is 1. The summed E-state index contributed by atoms with van der Waals surface area (Å²) in [4.78, 5) is 20.8. The number of nitro benzene ring substituents is 1. The van der Waals surface area contributed by atoms with Crippen molar-refractivity contribution in [2.75, 3.05) is 0 Å². The number of hydrogen-bond donors (Lipinski definition) is 1. The Hall–Kier alpha value is -1.14. The van der Waals surface area contributed by atoms with Crippen molar-refractivity contribution in [2.24, 2.45) is 0 Å². The van der Waals surface area contributed by atoms with E-state index >= 15 is 0 Å². The van der Waals surface area contributed by atoms with Crippen LogP contribution in [0.4, 0.5) is 5.69 Å². The number of benzene rings is 1. The van der Waals surface area contributed by atoms with Crippen LogP contribution in [0.15, 0.2) is 12.1 Å². The summed E-state index contributed by atoms with van der Waals surface area (Å²) in [7, 11) is 0. The van der Waals surface area contributed by atoms with Gasteiger partial charge in [-0.05, 0) is 11.6 Å². The minimum Gasteiger partial charge on any atom is -0.481 e. The Kier molecular flexibility index (Phi) is 4.26. The maximum atomic E-state index is 10.7. The fourth-order valence-electron chi connectivity index (χ4n) is 1.32. The lowest BCUT2D eigenvalue weighted by atomic mass is 10.0. The first kappa shape index (κ1) is 12.9. The van der Waals surface area contributed by atoms with E-state index in [0.717, 1.165) is 0 Å². The third-order valence-electron chi connectivity index (χ3n) is 2.01. The average Bonchev–Trinajstić information content (AvgIpc) is 2.16. The SMILES string of the molecule is O=C(O)Cc1c([N+](=O)[O-])ccc(Cl)c1CBr. The van der Waals surface area contributed by atoms with Gasteiger partial charge >= 0.3 is 5.97 Å². The molecule has 0 heterocycles. The molecule has 1 N–H and O–H groups in total. The predicted octanol–water partition coefficient (Wildman–Crippen LogP) is 2.77. The Balaban J connectivity index is 3.40. The number of halogens is 2. The van der Waals surface area contributed by atoms with Crippen LogP contribution >= 0.6 is 27.5 Å². The minimum atomic E-state index is -1.13. The molecular weight excluding hydrogens is 301 g/mol. The van der Waals surface area contributed by atoms with Gasteiger partial charge in [0.05, 0.1) is 11.3 Å². The molecule has 1 rings (SSSR count). The third kappa shape index (κ3) is 2.70. The number of carbonyl (C=O) groups is 1. The molecule has 16 heavy (non-hydrogen) atoms. The average molecular weight is 309 g/mol. The zero-order valence-electron chi connectivity index (χ0n) is 7.94. The lowest BCUT2D eigenvalue weighted by molar-refractivity contribution is -0.385. The van der Waals surface area contributed by atoms with Gasteiger partial charge in [0, 0.05) is 22.0 Å². The first-order chi connectivity index (χ1) is 7.47. The smallest absolute Gasteiger partial charge is 0.308 e. The van der Waals surface area contributed by atoms with Crippen LogP contribution in [0.2, 0.25) is 5.02 Å². The molecule has 5 nitrogen and oxygen atoms in total. The Morgan fingerprint density at radius 3 is 2.56 bits per heavy atom. The van der Waals surface area contributed by atoms with E-state index in [9.17, 15) is 14.9 Å². The number of rotatable bonds is 4. The molecule has 0 amide bonds. The molecular formula is C9H7BrClNO4. The number of alkyl halides is 1. The summed E-state index contributed by atoms with van der Waals surface area (Å²) in [5.41, 5.74) is 0.362. The number of carboxylic acid groups (broad SMARTS) is 1. The molecule has 7 heteroatoms. The zero-order valence-corrected chi connectivity index (χ0v) is 10.3. The van der Waals surface area contributed by atoms with Crippen molar-refractivity contribution in [3.63, 3.8) is 0 Å². The Morgan fingerprint density at radius 1 is 1.50 bits per heavy atom. The van der Waals surface area contributed by atoms with Gasteiger partial charge in [0.25, 0.3) is 5.69 Å². The standard InChI is InChI=1S/C9H7BrClNO4/c10-4-6-5(3-9(13)14)8(12(15)16)2-1-7(6)11/h1-2H,3-4H2,(H,13,14). The first-order valence-corrected chi connectivity index (χ1v) is 5.69. The molecule has 86 valence electrons. The molecule has 0 aliphatic rings. The molecule has 0 aromatic heterocycles. The summed E-state index contributed by atoms with van der Waals surface area (Å²) in [5, 5.41) is 20.0. The highest BCUT2D eigenvalue weighted by Crippen LogP contribution is 2.30. The lowest BCUT2D eigenvalue weighted by Gasteiger charge is -2.07. The fraction of sp³-hybridized carbons (Fsp3) is 0.222. The molecule has 0 aliphatic carbocycles. The lowest BCUT2D eigenvalue weighted by Crippen LogP contribution is -2.07. The normalized spacial score (nSPS) is 10.1. The Labute approximate surface area is 104 Å². The molecule has 0 fully saturated rings. The number of nitro groups is 1. The maximum Gasteiger partial charge on any atom is 0.308 e. The quantitative estimate of drug-likeness (QED) is 0.527. The summed E-state index contributed by atoms with van der Waals surface area (Å²) < 4.78 is 0. The summed E-state index contributed by atoms with van der Waals surface area (Å²) in [5.74, 6) is -1.13. The Morgan fingerprint density at radius 2 is 2.12 bits per heavy atom. The van der Waals surface area contributed by atoms with Gasteiger partial charge in [-0.3, -0.25) is 14.9 Å². The van der Waals surface area contributed by atoms with E-state index in [4.69, 9.17) is 16.7 Å². The highest BCUT2D eigenvalue weighted by Gasteiger charge is 2.21. The maximum absolute atomic E-state index is 10.7. The van der Waals surface area contributed by atoms with Crippen molar-refractivity contribution in [1.29, 1.82) is 0 Å². The highest BCUT2D eigenvalue weighted by atomic mass is 79.9. The molecule has 0 bridgehead atoms. The van der Waals surface area contributed by atoms with Crippen LogP contribution in [-0.4, -0.2) is 16.0 Å². The van der Waals surface area contributed by atoms with Gasteiger partial charge in [-0.25, -0.2) is 0 Å². The number of carboxylic acids is 1. The molecule has 1 aromatic rings. The Bertz CT molecular complexity index is 449. The van der Waals surface area contributed by atoms with E-state index in [1.54, 1.807) is 0 Å². The van der Waals surface area contributed by atoms with Crippen molar-refractivity contribution in [3.05, 3.63) is 38.4 Å². The van der Waals surface area contributed by atoms with Gasteiger partial charge in [-0.1, -0.05) is 27.5 Å². The third-order valence-corrected chi connectivity index (χ3v) is 2.92. The van der Waals surface area contributed by atoms with E-state index < -0.39 is 17.3 Å². The summed E-state index contributed by atoms with van der Waals surface area (Å²) in [6, 6.07) is 2.61. The second kappa shape index (κ2) is 5.27. The van der Waals surface area contributed by atoms with Gasteiger partial charge in [0.15, 0.2) is 0 Å². The van der Waals surface area contributed by atoms with E-state index in [0.29, 0.717) is 10.6 Å². The molecule has 0 aliphatic heterocycles. The molecule has 0 atom stereocenters. The van der Waals surface area contributed by atoms with Crippen molar-refractivity contribution >= 4 is 39.2 Å². The highest BCUT2D eigenvalue weighted by molar-refractivity contribution is 9.08. The zero-order chi connectivity index (χ0) is 12.3. The van der Waals surface area contributed by atoms with E-state index in [1.807, 2.05) is 0 Å². The molecule has 1 aromatic carbocycles. The summed E-state index contributed by atoms with van der Waals surface area (Å²) in [6.07, 6.45) is -0.419. The van der Waals surface area contributed by atoms with E-state index in [1.165, 1.54) is 12.1 Å². The van der Waals surface area contributed by atoms with Crippen LogP contribution < -0.4 is 0 Å². The fourth-order valence-corrected chi connectivity index (χ4v) is 2.36. The van der Waals surface area contributed by atoms with Crippen LogP contribution in [0.25, 0.3) is 0 Å². The summed E-state index contributed by atoms with van der Waals surface area (Å²) in [6.45, 7) is 0. The predicted molar refractivity (Wildman–Crippen MR) is 62.1 cm³/mol. The van der Waals surface area contributed by atoms with Crippen LogP contribution in [0.5, 0.6) is 0 Å². The second-order valence-electron chi connectivity index (χ2n) is 2.98.